The number of benzene rings is 1. The highest BCUT2D eigenvalue weighted by Gasteiger charge is 2.37. The summed E-state index contributed by atoms with van der Waals surface area (Å²) in [5, 5.41) is 9.53. The van der Waals surface area contributed by atoms with Gasteiger partial charge < -0.3 is 4.74 Å². The first-order valence-electron chi connectivity index (χ1n) is 8.07. The van der Waals surface area contributed by atoms with E-state index in [1.807, 2.05) is 0 Å². The fourth-order valence-corrected chi connectivity index (χ4v) is 3.92. The zero-order valence-electron chi connectivity index (χ0n) is 12.7. The molecule has 1 aliphatic heterocycles. The van der Waals surface area contributed by atoms with Crippen molar-refractivity contribution >= 4 is 0 Å². The predicted octanol–water partition coefficient (Wildman–Crippen LogP) is 3.18. The molecule has 1 aliphatic carbocycles. The van der Waals surface area contributed by atoms with Gasteiger partial charge in [0.15, 0.2) is 0 Å². The summed E-state index contributed by atoms with van der Waals surface area (Å²) in [7, 11) is 0. The van der Waals surface area contributed by atoms with Crippen LogP contribution < -0.4 is 0 Å². The molecule has 112 valence electrons. The molecular formula is C18H24N2O. The number of hydrogen-bond acceptors (Lipinski definition) is 3. The molecule has 3 nitrogen and oxygen atoms in total. The van der Waals surface area contributed by atoms with Crippen LogP contribution in [-0.4, -0.2) is 36.7 Å². The molecule has 21 heavy (non-hydrogen) atoms. The molecular weight excluding hydrogens is 260 g/mol. The van der Waals surface area contributed by atoms with Gasteiger partial charge in [0, 0.05) is 18.6 Å². The van der Waals surface area contributed by atoms with E-state index in [1.54, 1.807) is 0 Å². The van der Waals surface area contributed by atoms with Crippen molar-refractivity contribution in [1.82, 2.24) is 4.90 Å². The lowest BCUT2D eigenvalue weighted by Crippen LogP contribution is -2.53. The van der Waals surface area contributed by atoms with Gasteiger partial charge in [-0.05, 0) is 37.7 Å². The van der Waals surface area contributed by atoms with E-state index in [0.717, 1.165) is 39.0 Å². The van der Waals surface area contributed by atoms with E-state index in [-0.39, 0.29) is 5.92 Å². The third-order valence-electron chi connectivity index (χ3n) is 5.10. The minimum atomic E-state index is 0.172. The van der Waals surface area contributed by atoms with Gasteiger partial charge in [0.2, 0.25) is 0 Å². The first-order chi connectivity index (χ1) is 10.3. The highest BCUT2D eigenvalue weighted by atomic mass is 16.5. The lowest BCUT2D eigenvalue weighted by Gasteiger charge is -2.45. The molecule has 1 saturated carbocycles. The van der Waals surface area contributed by atoms with Crippen LogP contribution >= 0.6 is 0 Å². The van der Waals surface area contributed by atoms with E-state index >= 15 is 0 Å². The second-order valence-corrected chi connectivity index (χ2v) is 6.39. The van der Waals surface area contributed by atoms with Crippen LogP contribution in [0.15, 0.2) is 30.3 Å². The standard InChI is InChI=1S/C18H24N2O/c1-14-13-21-10-9-20(14)18-11-16(7-8-17(18)12-19)15-5-3-2-4-6-15/h2-6,14,16-18H,7-11,13H2,1H3. The van der Waals surface area contributed by atoms with Crippen molar-refractivity contribution in [2.75, 3.05) is 19.8 Å². The molecule has 3 heteroatoms. The molecule has 0 spiro atoms. The minimum absolute atomic E-state index is 0.172. The molecule has 0 aromatic heterocycles. The number of nitrogens with zero attached hydrogens (tertiary/aromatic N) is 2. The Kier molecular flexibility index (Phi) is 4.57. The van der Waals surface area contributed by atoms with E-state index < -0.39 is 0 Å². The first kappa shape index (κ1) is 14.6. The number of ether oxygens (including phenoxy) is 1. The zero-order valence-corrected chi connectivity index (χ0v) is 12.7. The SMILES string of the molecule is CC1COCCN1C1CC(c2ccccc2)CCC1C#N. The van der Waals surface area contributed by atoms with Crippen molar-refractivity contribution in [3.05, 3.63) is 35.9 Å². The average molecular weight is 284 g/mol. The summed E-state index contributed by atoms with van der Waals surface area (Å²) in [6.45, 7) is 4.78. The highest BCUT2D eigenvalue weighted by molar-refractivity contribution is 5.21. The van der Waals surface area contributed by atoms with Crippen LogP contribution in [0.2, 0.25) is 0 Å². The van der Waals surface area contributed by atoms with Gasteiger partial charge in [0.1, 0.15) is 0 Å². The lowest BCUT2D eigenvalue weighted by molar-refractivity contribution is -0.0389. The van der Waals surface area contributed by atoms with Gasteiger partial charge in [0.25, 0.3) is 0 Å². The normalized spacial score (nSPS) is 34.3. The molecule has 0 bridgehead atoms. The predicted molar refractivity (Wildman–Crippen MR) is 82.9 cm³/mol. The number of hydrogen-bond donors (Lipinski definition) is 0. The van der Waals surface area contributed by atoms with E-state index in [0.29, 0.717) is 18.0 Å². The molecule has 0 amide bonds. The van der Waals surface area contributed by atoms with Crippen LogP contribution in [0.5, 0.6) is 0 Å². The Labute approximate surface area is 127 Å². The number of rotatable bonds is 2. The van der Waals surface area contributed by atoms with Gasteiger partial charge in [-0.2, -0.15) is 5.26 Å². The summed E-state index contributed by atoms with van der Waals surface area (Å²) in [6.07, 6.45) is 3.26. The van der Waals surface area contributed by atoms with Gasteiger partial charge in [-0.3, -0.25) is 4.90 Å². The molecule has 2 aliphatic rings. The summed E-state index contributed by atoms with van der Waals surface area (Å²) in [4.78, 5) is 2.52. The van der Waals surface area contributed by atoms with Gasteiger partial charge in [0.05, 0.1) is 25.2 Å². The lowest BCUT2D eigenvalue weighted by atomic mass is 9.75. The smallest absolute Gasteiger partial charge is 0.0672 e. The van der Waals surface area contributed by atoms with Crippen molar-refractivity contribution < 1.29 is 4.74 Å². The van der Waals surface area contributed by atoms with Crippen LogP contribution in [0.1, 0.15) is 37.7 Å². The fraction of sp³-hybridized carbons (Fsp3) is 0.611. The Balaban J connectivity index is 1.77. The highest BCUT2D eigenvalue weighted by Crippen LogP contribution is 2.38. The van der Waals surface area contributed by atoms with E-state index in [1.165, 1.54) is 5.56 Å². The largest absolute Gasteiger partial charge is 0.379 e. The summed E-state index contributed by atoms with van der Waals surface area (Å²) in [6, 6.07) is 14.2. The van der Waals surface area contributed by atoms with Crippen LogP contribution in [0.3, 0.4) is 0 Å². The molecule has 0 N–H and O–H groups in total. The van der Waals surface area contributed by atoms with Crippen LogP contribution in [-0.2, 0) is 4.74 Å². The Morgan fingerprint density at radius 2 is 2.05 bits per heavy atom. The number of nitriles is 1. The van der Waals surface area contributed by atoms with Crippen molar-refractivity contribution in [2.24, 2.45) is 5.92 Å². The summed E-state index contributed by atoms with van der Waals surface area (Å²) < 4.78 is 5.56. The van der Waals surface area contributed by atoms with Crippen LogP contribution in [0, 0.1) is 17.2 Å². The second-order valence-electron chi connectivity index (χ2n) is 6.39. The molecule has 1 saturated heterocycles. The Morgan fingerprint density at radius 3 is 2.76 bits per heavy atom. The first-order valence-corrected chi connectivity index (χ1v) is 8.07. The van der Waals surface area contributed by atoms with Crippen molar-refractivity contribution in [3.8, 4) is 6.07 Å². The third kappa shape index (κ3) is 3.12. The van der Waals surface area contributed by atoms with Gasteiger partial charge in [-0.25, -0.2) is 0 Å². The Morgan fingerprint density at radius 1 is 1.24 bits per heavy atom. The van der Waals surface area contributed by atoms with Crippen molar-refractivity contribution in [1.29, 1.82) is 5.26 Å². The Bertz CT molecular complexity index is 496. The average Bonchev–Trinajstić information content (AvgIpc) is 2.55. The topological polar surface area (TPSA) is 36.3 Å². The van der Waals surface area contributed by atoms with Gasteiger partial charge >= 0.3 is 0 Å². The summed E-state index contributed by atoms with van der Waals surface area (Å²) >= 11 is 0. The van der Waals surface area contributed by atoms with Gasteiger partial charge in [-0.15, -0.1) is 0 Å². The monoisotopic (exact) mass is 284 g/mol. The summed E-state index contributed by atoms with van der Waals surface area (Å²) in [5.41, 5.74) is 1.43. The zero-order chi connectivity index (χ0) is 14.7. The molecule has 1 aromatic rings. The molecule has 4 atom stereocenters. The quantitative estimate of drug-likeness (QED) is 0.837. The molecule has 3 rings (SSSR count). The van der Waals surface area contributed by atoms with Gasteiger partial charge in [-0.1, -0.05) is 30.3 Å². The van der Waals surface area contributed by atoms with E-state index in [4.69, 9.17) is 4.74 Å². The molecule has 1 aromatic carbocycles. The maximum absolute atomic E-state index is 9.53. The second kappa shape index (κ2) is 6.60. The van der Waals surface area contributed by atoms with E-state index in [2.05, 4.69) is 48.2 Å². The van der Waals surface area contributed by atoms with Crippen molar-refractivity contribution in [3.63, 3.8) is 0 Å². The molecule has 2 fully saturated rings. The minimum Gasteiger partial charge on any atom is -0.379 e. The van der Waals surface area contributed by atoms with Crippen LogP contribution in [0.25, 0.3) is 0 Å². The maximum Gasteiger partial charge on any atom is 0.0672 e. The maximum atomic E-state index is 9.53. The Hall–Kier alpha value is -1.37. The van der Waals surface area contributed by atoms with E-state index in [9.17, 15) is 5.26 Å². The number of morpholine rings is 1. The molecule has 1 heterocycles. The molecule has 0 radical (unpaired) electrons. The molecule has 4 unspecified atom stereocenters. The fourth-order valence-electron chi connectivity index (χ4n) is 3.92. The van der Waals surface area contributed by atoms with Crippen LogP contribution in [0.4, 0.5) is 0 Å². The summed E-state index contributed by atoms with van der Waals surface area (Å²) in [5.74, 6) is 0.765. The van der Waals surface area contributed by atoms with Crippen molar-refractivity contribution in [2.45, 2.75) is 44.2 Å². The third-order valence-corrected chi connectivity index (χ3v) is 5.10.